The van der Waals surface area contributed by atoms with E-state index < -0.39 is 27.7 Å². The van der Waals surface area contributed by atoms with Gasteiger partial charge in [0.15, 0.2) is 9.84 Å². The monoisotopic (exact) mass is 258 g/mol. The molecule has 1 heterocycles. The van der Waals surface area contributed by atoms with Crippen LogP contribution in [0.1, 0.15) is 16.8 Å². The van der Waals surface area contributed by atoms with Crippen LogP contribution in [0, 0.1) is 5.82 Å². The maximum atomic E-state index is 12.6. The second-order valence-electron chi connectivity index (χ2n) is 3.94. The summed E-state index contributed by atoms with van der Waals surface area (Å²) in [6.07, 6.45) is -0.257. The zero-order valence-corrected chi connectivity index (χ0v) is 9.74. The fourth-order valence-corrected chi connectivity index (χ4v) is 3.25. The van der Waals surface area contributed by atoms with Gasteiger partial charge in [-0.1, -0.05) is 0 Å². The summed E-state index contributed by atoms with van der Waals surface area (Å²) in [7, 11) is -3.07. The van der Waals surface area contributed by atoms with E-state index in [1.807, 2.05) is 0 Å². The molecule has 1 aliphatic rings. The van der Waals surface area contributed by atoms with Gasteiger partial charge in [0, 0.05) is 0 Å². The van der Waals surface area contributed by atoms with Crippen LogP contribution < -0.4 is 0 Å². The Kier molecular flexibility index (Phi) is 3.15. The summed E-state index contributed by atoms with van der Waals surface area (Å²) in [6, 6.07) is 4.92. The Morgan fingerprint density at radius 3 is 2.47 bits per heavy atom. The van der Waals surface area contributed by atoms with Crippen LogP contribution in [0.3, 0.4) is 0 Å². The fraction of sp³-hybridized carbons (Fsp3) is 0.364. The molecule has 0 aliphatic carbocycles. The zero-order chi connectivity index (χ0) is 12.5. The number of hydrogen-bond donors (Lipinski definition) is 0. The van der Waals surface area contributed by atoms with Crippen molar-refractivity contribution in [2.75, 3.05) is 11.5 Å². The summed E-state index contributed by atoms with van der Waals surface area (Å²) < 4.78 is 40.0. The number of rotatable bonds is 2. The second kappa shape index (κ2) is 4.44. The lowest BCUT2D eigenvalue weighted by Crippen LogP contribution is -2.19. The molecule has 4 nitrogen and oxygen atoms in total. The number of carbonyl (C=O) groups is 1. The predicted molar refractivity (Wildman–Crippen MR) is 58.9 cm³/mol. The molecule has 0 radical (unpaired) electrons. The maximum Gasteiger partial charge on any atom is 0.338 e. The van der Waals surface area contributed by atoms with Crippen LogP contribution in [0.15, 0.2) is 24.3 Å². The molecule has 1 saturated heterocycles. The molecule has 92 valence electrons. The molecule has 0 bridgehead atoms. The third-order valence-corrected chi connectivity index (χ3v) is 4.28. The molecule has 0 amide bonds. The van der Waals surface area contributed by atoms with Gasteiger partial charge in [-0.3, -0.25) is 0 Å². The molecular formula is C11H11FO4S. The Morgan fingerprint density at radius 1 is 1.29 bits per heavy atom. The van der Waals surface area contributed by atoms with Gasteiger partial charge >= 0.3 is 5.97 Å². The van der Waals surface area contributed by atoms with Gasteiger partial charge in [-0.2, -0.15) is 0 Å². The van der Waals surface area contributed by atoms with E-state index in [0.717, 1.165) is 12.1 Å². The molecule has 1 atom stereocenters. The summed E-state index contributed by atoms with van der Waals surface area (Å²) in [6.45, 7) is 0. The number of hydrogen-bond acceptors (Lipinski definition) is 4. The van der Waals surface area contributed by atoms with E-state index in [2.05, 4.69) is 0 Å². The van der Waals surface area contributed by atoms with Gasteiger partial charge in [0.1, 0.15) is 11.9 Å². The van der Waals surface area contributed by atoms with Crippen molar-refractivity contribution < 1.29 is 22.3 Å². The van der Waals surface area contributed by atoms with Gasteiger partial charge in [0.05, 0.1) is 17.1 Å². The first kappa shape index (κ1) is 12.0. The number of esters is 1. The van der Waals surface area contributed by atoms with Crippen molar-refractivity contribution in [1.82, 2.24) is 0 Å². The highest BCUT2D eigenvalue weighted by Crippen LogP contribution is 2.16. The highest BCUT2D eigenvalue weighted by molar-refractivity contribution is 7.91. The van der Waals surface area contributed by atoms with Gasteiger partial charge in [-0.05, 0) is 30.7 Å². The number of halogens is 1. The van der Waals surface area contributed by atoms with Crippen molar-refractivity contribution in [2.45, 2.75) is 12.5 Å². The molecular weight excluding hydrogens is 247 g/mol. The van der Waals surface area contributed by atoms with E-state index in [9.17, 15) is 17.6 Å². The first-order valence-corrected chi connectivity index (χ1v) is 6.95. The molecule has 1 aliphatic heterocycles. The van der Waals surface area contributed by atoms with E-state index in [-0.39, 0.29) is 17.1 Å². The molecule has 17 heavy (non-hydrogen) atoms. The van der Waals surface area contributed by atoms with Crippen molar-refractivity contribution in [2.24, 2.45) is 0 Å². The Bertz CT molecular complexity index is 521. The molecule has 0 aromatic heterocycles. The lowest BCUT2D eigenvalue weighted by atomic mass is 10.2. The molecule has 1 aromatic carbocycles. The van der Waals surface area contributed by atoms with Crippen molar-refractivity contribution in [3.8, 4) is 0 Å². The quantitative estimate of drug-likeness (QED) is 0.747. The molecule has 2 rings (SSSR count). The summed E-state index contributed by atoms with van der Waals surface area (Å²) >= 11 is 0. The average molecular weight is 258 g/mol. The average Bonchev–Trinajstić information content (AvgIpc) is 2.59. The largest absolute Gasteiger partial charge is 0.458 e. The highest BCUT2D eigenvalue weighted by Gasteiger charge is 2.30. The van der Waals surface area contributed by atoms with Crippen LogP contribution in [0.4, 0.5) is 4.39 Å². The Balaban J connectivity index is 2.01. The topological polar surface area (TPSA) is 60.4 Å². The van der Waals surface area contributed by atoms with Crippen LogP contribution in [-0.2, 0) is 14.6 Å². The van der Waals surface area contributed by atoms with Gasteiger partial charge < -0.3 is 4.74 Å². The van der Waals surface area contributed by atoms with Gasteiger partial charge in [0.2, 0.25) is 0 Å². The lowest BCUT2D eigenvalue weighted by molar-refractivity contribution is 0.0356. The van der Waals surface area contributed by atoms with Crippen LogP contribution >= 0.6 is 0 Å². The third kappa shape index (κ3) is 3.03. The van der Waals surface area contributed by atoms with Crippen LogP contribution in [0.5, 0.6) is 0 Å². The Hall–Kier alpha value is -1.43. The number of ether oxygens (including phenoxy) is 1. The summed E-state index contributed by atoms with van der Waals surface area (Å²) in [5.74, 6) is -1.13. The summed E-state index contributed by atoms with van der Waals surface area (Å²) in [4.78, 5) is 11.6. The first-order chi connectivity index (χ1) is 7.96. The van der Waals surface area contributed by atoms with E-state index in [4.69, 9.17) is 4.74 Å². The highest BCUT2D eigenvalue weighted by atomic mass is 32.2. The Labute approximate surface area is 98.3 Å². The van der Waals surface area contributed by atoms with Gasteiger partial charge in [-0.15, -0.1) is 0 Å². The minimum absolute atomic E-state index is 0.0500. The van der Waals surface area contributed by atoms with E-state index in [1.165, 1.54) is 12.1 Å². The smallest absolute Gasteiger partial charge is 0.338 e. The van der Waals surface area contributed by atoms with Crippen molar-refractivity contribution >= 4 is 15.8 Å². The van der Waals surface area contributed by atoms with E-state index >= 15 is 0 Å². The predicted octanol–water partition coefficient (Wildman–Crippen LogP) is 1.17. The fourth-order valence-electron chi connectivity index (χ4n) is 1.66. The molecule has 0 spiro atoms. The minimum Gasteiger partial charge on any atom is -0.458 e. The zero-order valence-electron chi connectivity index (χ0n) is 8.93. The minimum atomic E-state index is -3.07. The molecule has 1 aromatic rings. The standard InChI is InChI=1S/C11H11FO4S/c12-9-3-1-8(2-4-9)11(13)16-10-5-6-17(14,15)7-10/h1-4,10H,5-7H2/t10-/m0/s1. The van der Waals surface area contributed by atoms with Crippen LogP contribution in [-0.4, -0.2) is 32.0 Å². The summed E-state index contributed by atoms with van der Waals surface area (Å²) in [5, 5.41) is 0. The Morgan fingerprint density at radius 2 is 1.94 bits per heavy atom. The normalized spacial score (nSPS) is 22.3. The van der Waals surface area contributed by atoms with E-state index in [0.29, 0.717) is 6.42 Å². The first-order valence-electron chi connectivity index (χ1n) is 5.13. The third-order valence-electron chi connectivity index (χ3n) is 2.54. The van der Waals surface area contributed by atoms with Gasteiger partial charge in [0.25, 0.3) is 0 Å². The number of carbonyl (C=O) groups excluding carboxylic acids is 1. The molecule has 1 fully saturated rings. The van der Waals surface area contributed by atoms with Crippen LogP contribution in [0.25, 0.3) is 0 Å². The van der Waals surface area contributed by atoms with Gasteiger partial charge in [-0.25, -0.2) is 17.6 Å². The van der Waals surface area contributed by atoms with Crippen molar-refractivity contribution in [3.63, 3.8) is 0 Å². The molecule has 0 unspecified atom stereocenters. The second-order valence-corrected chi connectivity index (χ2v) is 6.17. The van der Waals surface area contributed by atoms with E-state index in [1.54, 1.807) is 0 Å². The number of sulfone groups is 1. The summed E-state index contributed by atoms with van der Waals surface area (Å²) in [5.41, 5.74) is 0.218. The van der Waals surface area contributed by atoms with Crippen molar-refractivity contribution in [1.29, 1.82) is 0 Å². The van der Waals surface area contributed by atoms with Crippen molar-refractivity contribution in [3.05, 3.63) is 35.6 Å². The SMILES string of the molecule is O=C(O[C@H]1CCS(=O)(=O)C1)c1ccc(F)cc1. The number of benzene rings is 1. The molecule has 6 heteroatoms. The molecule has 0 saturated carbocycles. The molecule has 0 N–H and O–H groups in total. The lowest BCUT2D eigenvalue weighted by Gasteiger charge is -2.09. The van der Waals surface area contributed by atoms with Crippen LogP contribution in [0.2, 0.25) is 0 Å². The maximum absolute atomic E-state index is 12.6.